The van der Waals surface area contributed by atoms with Crippen molar-refractivity contribution < 1.29 is 0 Å². The summed E-state index contributed by atoms with van der Waals surface area (Å²) in [6.07, 6.45) is 2.09. The number of aromatic nitrogens is 2. The van der Waals surface area contributed by atoms with E-state index in [2.05, 4.69) is 25.8 Å². The van der Waals surface area contributed by atoms with Crippen molar-refractivity contribution in [2.75, 3.05) is 0 Å². The average Bonchev–Trinajstić information content (AvgIpc) is 2.19. The van der Waals surface area contributed by atoms with Crippen LogP contribution in [0.1, 0.15) is 59.9 Å². The maximum absolute atomic E-state index is 12.6. The van der Waals surface area contributed by atoms with Gasteiger partial charge in [0, 0.05) is 5.54 Å². The van der Waals surface area contributed by atoms with Gasteiger partial charge in [0.15, 0.2) is 0 Å². The third-order valence-electron chi connectivity index (χ3n) is 3.21. The molecule has 0 aliphatic rings. The quantitative estimate of drug-likeness (QED) is 0.867. The topological polar surface area (TPSA) is 54.9 Å². The molecule has 0 amide bonds. The maximum atomic E-state index is 12.6. The highest BCUT2D eigenvalue weighted by Crippen LogP contribution is 2.30. The van der Waals surface area contributed by atoms with E-state index in [9.17, 15) is 9.59 Å². The van der Waals surface area contributed by atoms with Crippen molar-refractivity contribution >= 4 is 11.6 Å². The summed E-state index contributed by atoms with van der Waals surface area (Å²) in [4.78, 5) is 27.4. The number of rotatable bonds is 4. The normalized spacial score (nSPS) is 12.8. The molecular weight excluding hydrogens is 276 g/mol. The van der Waals surface area contributed by atoms with Gasteiger partial charge in [-0.05, 0) is 32.1 Å². The van der Waals surface area contributed by atoms with E-state index in [4.69, 9.17) is 11.6 Å². The molecule has 1 N–H and O–H groups in total. The Bertz CT molecular complexity index is 591. The van der Waals surface area contributed by atoms with Gasteiger partial charge in [0.1, 0.15) is 5.15 Å². The third kappa shape index (κ3) is 3.75. The molecule has 0 atom stereocenters. The predicted octanol–water partition coefficient (Wildman–Crippen LogP) is 3.31. The lowest BCUT2D eigenvalue weighted by Crippen LogP contribution is -2.49. The molecule has 0 saturated carbocycles. The second-order valence-corrected chi connectivity index (χ2v) is 7.54. The zero-order chi connectivity index (χ0) is 15.7. The number of hydrogen-bond donors (Lipinski definition) is 1. The first kappa shape index (κ1) is 17.0. The van der Waals surface area contributed by atoms with Gasteiger partial charge in [0.25, 0.3) is 5.56 Å². The lowest BCUT2D eigenvalue weighted by molar-refractivity contribution is 0.203. The number of aromatic amines is 1. The van der Waals surface area contributed by atoms with Crippen LogP contribution in [0.4, 0.5) is 0 Å². The highest BCUT2D eigenvalue weighted by atomic mass is 35.5. The van der Waals surface area contributed by atoms with Crippen LogP contribution >= 0.6 is 11.6 Å². The Morgan fingerprint density at radius 3 is 2.15 bits per heavy atom. The fourth-order valence-corrected chi connectivity index (χ4v) is 3.20. The molecule has 114 valence electrons. The summed E-state index contributed by atoms with van der Waals surface area (Å²) < 4.78 is 1.31. The maximum Gasteiger partial charge on any atom is 0.329 e. The van der Waals surface area contributed by atoms with Gasteiger partial charge in [-0.3, -0.25) is 14.3 Å². The minimum Gasteiger partial charge on any atom is -0.297 e. The van der Waals surface area contributed by atoms with Crippen LogP contribution in [0.2, 0.25) is 5.15 Å². The third-order valence-corrected chi connectivity index (χ3v) is 3.54. The monoisotopic (exact) mass is 300 g/mol. The van der Waals surface area contributed by atoms with E-state index in [1.807, 2.05) is 20.8 Å². The van der Waals surface area contributed by atoms with Crippen LogP contribution in [0, 0.1) is 5.41 Å². The fourth-order valence-electron chi connectivity index (χ4n) is 2.94. The fraction of sp³-hybridized carbons (Fsp3) is 0.733. The molecule has 0 aromatic carbocycles. The van der Waals surface area contributed by atoms with E-state index >= 15 is 0 Å². The van der Waals surface area contributed by atoms with E-state index in [1.54, 1.807) is 0 Å². The van der Waals surface area contributed by atoms with Crippen molar-refractivity contribution in [3.05, 3.63) is 31.6 Å². The minimum absolute atomic E-state index is 0.0138. The van der Waals surface area contributed by atoms with E-state index in [0.717, 1.165) is 12.8 Å². The molecule has 0 bridgehead atoms. The summed E-state index contributed by atoms with van der Waals surface area (Å²) in [7, 11) is 0. The number of halogens is 1. The van der Waals surface area contributed by atoms with Crippen LogP contribution in [0.15, 0.2) is 9.59 Å². The van der Waals surface area contributed by atoms with Gasteiger partial charge >= 0.3 is 5.69 Å². The average molecular weight is 301 g/mol. The van der Waals surface area contributed by atoms with Crippen LogP contribution in [0.5, 0.6) is 0 Å². The van der Waals surface area contributed by atoms with Crippen molar-refractivity contribution in [1.29, 1.82) is 0 Å². The van der Waals surface area contributed by atoms with Crippen molar-refractivity contribution in [3.63, 3.8) is 0 Å². The van der Waals surface area contributed by atoms with Crippen LogP contribution in [0.25, 0.3) is 0 Å². The van der Waals surface area contributed by atoms with Crippen LogP contribution in [-0.2, 0) is 12.0 Å². The van der Waals surface area contributed by atoms with Crippen molar-refractivity contribution in [2.45, 2.75) is 66.3 Å². The highest BCUT2D eigenvalue weighted by molar-refractivity contribution is 6.30. The molecule has 1 aromatic heterocycles. The van der Waals surface area contributed by atoms with Crippen LogP contribution < -0.4 is 11.2 Å². The molecule has 0 saturated heterocycles. The van der Waals surface area contributed by atoms with E-state index in [-0.39, 0.29) is 16.1 Å². The Morgan fingerprint density at radius 2 is 1.70 bits per heavy atom. The smallest absolute Gasteiger partial charge is 0.297 e. The van der Waals surface area contributed by atoms with Gasteiger partial charge in [-0.25, -0.2) is 4.79 Å². The van der Waals surface area contributed by atoms with Crippen molar-refractivity contribution in [3.8, 4) is 0 Å². The first-order chi connectivity index (χ1) is 8.99. The summed E-state index contributed by atoms with van der Waals surface area (Å²) in [5.41, 5.74) is -0.754. The SMILES string of the molecule is CCCc1c(Cl)[nH]c(=O)n(C(C)(C)CC(C)(C)C)c1=O. The molecule has 4 nitrogen and oxygen atoms in total. The number of nitrogens with one attached hydrogen (secondary N) is 1. The molecule has 0 aliphatic carbocycles. The summed E-state index contributed by atoms with van der Waals surface area (Å²) in [6.45, 7) is 12.1. The molecule has 0 unspecified atom stereocenters. The van der Waals surface area contributed by atoms with Gasteiger partial charge in [-0.15, -0.1) is 0 Å². The molecule has 0 fully saturated rings. The minimum atomic E-state index is -0.560. The Morgan fingerprint density at radius 1 is 1.15 bits per heavy atom. The molecule has 1 rings (SSSR count). The number of hydrogen-bond acceptors (Lipinski definition) is 2. The standard InChI is InChI=1S/C15H25ClN2O2/c1-7-8-10-11(16)17-13(20)18(12(10)19)15(5,6)9-14(2,3)4/h7-9H2,1-6H3,(H,17,20). The Labute approximate surface area is 125 Å². The van der Waals surface area contributed by atoms with Gasteiger partial charge in [0.05, 0.1) is 5.56 Å². The molecule has 5 heteroatoms. The Hall–Kier alpha value is -1.03. The van der Waals surface area contributed by atoms with E-state index in [1.165, 1.54) is 4.57 Å². The Balaban J connectivity index is 3.49. The number of nitrogens with zero attached hydrogens (tertiary/aromatic N) is 1. The first-order valence-corrected chi connectivity index (χ1v) is 7.41. The second-order valence-electron chi connectivity index (χ2n) is 7.16. The first-order valence-electron chi connectivity index (χ1n) is 7.04. The van der Waals surface area contributed by atoms with Gasteiger partial charge in [0.2, 0.25) is 0 Å². The molecule has 1 heterocycles. The summed E-state index contributed by atoms with van der Waals surface area (Å²) in [5.74, 6) is 0. The van der Waals surface area contributed by atoms with E-state index in [0.29, 0.717) is 12.0 Å². The summed E-state index contributed by atoms with van der Waals surface area (Å²) in [6, 6.07) is 0. The van der Waals surface area contributed by atoms with Gasteiger partial charge < -0.3 is 0 Å². The lowest BCUT2D eigenvalue weighted by Gasteiger charge is -2.33. The van der Waals surface area contributed by atoms with Gasteiger partial charge in [-0.2, -0.15) is 0 Å². The molecule has 0 aliphatic heterocycles. The predicted molar refractivity (Wildman–Crippen MR) is 83.7 cm³/mol. The van der Waals surface area contributed by atoms with Crippen LogP contribution in [0.3, 0.4) is 0 Å². The second kappa shape index (κ2) is 5.76. The zero-order valence-corrected chi connectivity index (χ0v) is 14.0. The molecule has 20 heavy (non-hydrogen) atoms. The summed E-state index contributed by atoms with van der Waals surface area (Å²) in [5, 5.41) is 0.171. The summed E-state index contributed by atoms with van der Waals surface area (Å²) >= 11 is 6.00. The largest absolute Gasteiger partial charge is 0.329 e. The zero-order valence-electron chi connectivity index (χ0n) is 13.3. The van der Waals surface area contributed by atoms with Crippen molar-refractivity contribution in [1.82, 2.24) is 9.55 Å². The molecule has 1 aromatic rings. The van der Waals surface area contributed by atoms with Crippen LogP contribution in [-0.4, -0.2) is 9.55 Å². The van der Waals surface area contributed by atoms with Crippen molar-refractivity contribution in [2.24, 2.45) is 5.41 Å². The molecule has 0 radical (unpaired) electrons. The highest BCUT2D eigenvalue weighted by Gasteiger charge is 2.31. The van der Waals surface area contributed by atoms with E-state index < -0.39 is 11.2 Å². The number of H-pyrrole nitrogens is 1. The lowest BCUT2D eigenvalue weighted by atomic mass is 9.81. The molecule has 0 spiro atoms. The molecular formula is C15H25ClN2O2. The Kier molecular flexibility index (Phi) is 4.90. The van der Waals surface area contributed by atoms with Gasteiger partial charge in [-0.1, -0.05) is 45.7 Å².